The van der Waals surface area contributed by atoms with Gasteiger partial charge in [0.15, 0.2) is 0 Å². The zero-order chi connectivity index (χ0) is 8.22. The summed E-state index contributed by atoms with van der Waals surface area (Å²) in [5.41, 5.74) is 0. The Bertz CT molecular complexity index is 178. The molecule has 0 N–H and O–H groups in total. The van der Waals surface area contributed by atoms with Crippen LogP contribution in [0.1, 0.15) is 13.8 Å². The predicted molar refractivity (Wildman–Crippen MR) is 46.4 cm³/mol. The van der Waals surface area contributed by atoms with E-state index < -0.39 is 0 Å². The molecule has 2 saturated heterocycles. The highest BCUT2D eigenvalue weighted by atomic mass is 15.5. The summed E-state index contributed by atoms with van der Waals surface area (Å²) in [6, 6.07) is 2.69. The molecule has 0 radical (unpaired) electrons. The highest BCUT2D eigenvalue weighted by Crippen LogP contribution is 2.39. The number of nitrogens with zero attached hydrogens (tertiary/aromatic N) is 2. The van der Waals surface area contributed by atoms with Crippen molar-refractivity contribution >= 4 is 0 Å². The van der Waals surface area contributed by atoms with Gasteiger partial charge in [-0.3, -0.25) is 4.90 Å². The van der Waals surface area contributed by atoms with E-state index in [0.29, 0.717) is 0 Å². The Balaban J connectivity index is 2.02. The summed E-state index contributed by atoms with van der Waals surface area (Å²) in [4.78, 5) is 2.48. The average Bonchev–Trinajstić information content (AvgIpc) is 1.94. The molecular weight excluding hydrogens is 136 g/mol. The summed E-state index contributed by atoms with van der Waals surface area (Å²) in [6.45, 7) is 7.38. The molecule has 0 amide bonds. The molecule has 0 aliphatic carbocycles. The number of hydrogen-bond acceptors (Lipinski definition) is 1. The molecule has 2 aliphatic heterocycles. The average molecular weight is 155 g/mol. The van der Waals surface area contributed by atoms with Gasteiger partial charge in [0.2, 0.25) is 0 Å². The highest BCUT2D eigenvalue weighted by Gasteiger charge is 2.61. The monoisotopic (exact) mass is 155 g/mol. The zero-order valence-corrected chi connectivity index (χ0v) is 8.04. The molecule has 3 atom stereocenters. The fourth-order valence-corrected chi connectivity index (χ4v) is 2.54. The Morgan fingerprint density at radius 1 is 1.45 bits per heavy atom. The van der Waals surface area contributed by atoms with E-state index in [-0.39, 0.29) is 0 Å². The fraction of sp³-hybridized carbons (Fsp3) is 1.00. The molecule has 0 saturated carbocycles. The Kier molecular flexibility index (Phi) is 1.37. The van der Waals surface area contributed by atoms with E-state index >= 15 is 0 Å². The predicted octanol–water partition coefficient (Wildman–Crippen LogP) is 0.538. The van der Waals surface area contributed by atoms with Crippen molar-refractivity contribution in [2.24, 2.45) is 0 Å². The van der Waals surface area contributed by atoms with E-state index in [9.17, 15) is 0 Å². The van der Waals surface area contributed by atoms with Crippen LogP contribution in [-0.4, -0.2) is 54.7 Å². The van der Waals surface area contributed by atoms with Crippen LogP contribution in [0.4, 0.5) is 0 Å². The fourth-order valence-electron chi connectivity index (χ4n) is 2.54. The number of rotatable bonds is 1. The van der Waals surface area contributed by atoms with Crippen molar-refractivity contribution in [1.82, 2.24) is 4.90 Å². The quantitative estimate of drug-likeness (QED) is 0.500. The number of likely N-dealkylation sites (N-methyl/N-ethyl adjacent to an activating group) is 2. The molecule has 0 spiro atoms. The minimum absolute atomic E-state index is 0.810. The molecule has 2 unspecified atom stereocenters. The number of hydrogen-bond donors (Lipinski definition) is 0. The van der Waals surface area contributed by atoms with E-state index in [2.05, 4.69) is 32.8 Å². The van der Waals surface area contributed by atoms with Crippen LogP contribution < -0.4 is 0 Å². The second-order valence-electron chi connectivity index (χ2n) is 4.70. The summed E-state index contributed by atoms with van der Waals surface area (Å²) < 4.78 is 1.31. The molecule has 0 aromatic carbocycles. The molecule has 0 aromatic rings. The van der Waals surface area contributed by atoms with Gasteiger partial charge in [-0.2, -0.15) is 0 Å². The van der Waals surface area contributed by atoms with Crippen molar-refractivity contribution in [2.45, 2.75) is 32.0 Å². The SMILES string of the molecule is CC(C)[N+]1(C)CC2[C@H]1CN2C. The molecule has 2 heterocycles. The largest absolute Gasteiger partial charge is 0.318 e. The highest BCUT2D eigenvalue weighted by molar-refractivity contribution is 4.99. The van der Waals surface area contributed by atoms with Gasteiger partial charge in [0.1, 0.15) is 18.6 Å². The van der Waals surface area contributed by atoms with E-state index in [1.165, 1.54) is 17.6 Å². The van der Waals surface area contributed by atoms with Crippen LogP contribution in [0, 0.1) is 0 Å². The molecule has 0 aromatic heterocycles. The molecule has 2 rings (SSSR count). The van der Waals surface area contributed by atoms with Crippen molar-refractivity contribution in [3.63, 3.8) is 0 Å². The van der Waals surface area contributed by atoms with Gasteiger partial charge in [0.05, 0.1) is 19.6 Å². The molecule has 11 heavy (non-hydrogen) atoms. The third kappa shape index (κ3) is 0.744. The number of likely N-dealkylation sites (tertiary alicyclic amines) is 2. The Labute approximate surface area is 69.4 Å². The van der Waals surface area contributed by atoms with Gasteiger partial charge >= 0.3 is 0 Å². The van der Waals surface area contributed by atoms with Crippen molar-refractivity contribution in [2.75, 3.05) is 27.2 Å². The maximum Gasteiger partial charge on any atom is 0.123 e. The molecule has 64 valence electrons. The lowest BCUT2D eigenvalue weighted by Crippen LogP contribution is -2.86. The Hall–Kier alpha value is -0.0800. The van der Waals surface area contributed by atoms with Crippen LogP contribution in [0.15, 0.2) is 0 Å². The third-order valence-electron chi connectivity index (χ3n) is 4.00. The van der Waals surface area contributed by atoms with Crippen molar-refractivity contribution in [3.8, 4) is 0 Å². The Morgan fingerprint density at radius 2 is 2.09 bits per heavy atom. The maximum absolute atomic E-state index is 2.48. The van der Waals surface area contributed by atoms with E-state index in [0.717, 1.165) is 18.1 Å². The Morgan fingerprint density at radius 3 is 2.36 bits per heavy atom. The topological polar surface area (TPSA) is 3.24 Å². The number of quaternary nitrogens is 1. The summed E-state index contributed by atoms with van der Waals surface area (Å²) >= 11 is 0. The van der Waals surface area contributed by atoms with Gasteiger partial charge in [0.25, 0.3) is 0 Å². The number of piperazine rings is 1. The zero-order valence-electron chi connectivity index (χ0n) is 8.04. The van der Waals surface area contributed by atoms with Crippen LogP contribution in [0.3, 0.4) is 0 Å². The van der Waals surface area contributed by atoms with Crippen LogP contribution in [-0.2, 0) is 0 Å². The van der Waals surface area contributed by atoms with Crippen LogP contribution >= 0.6 is 0 Å². The second kappa shape index (κ2) is 1.99. The second-order valence-corrected chi connectivity index (χ2v) is 4.70. The first-order valence-corrected chi connectivity index (χ1v) is 4.61. The lowest BCUT2D eigenvalue weighted by molar-refractivity contribution is -1.01. The first-order chi connectivity index (χ1) is 5.05. The molecule has 2 aliphatic rings. The van der Waals surface area contributed by atoms with Gasteiger partial charge in [-0.25, -0.2) is 0 Å². The van der Waals surface area contributed by atoms with Crippen LogP contribution in [0.2, 0.25) is 0 Å². The maximum atomic E-state index is 2.48. The third-order valence-corrected chi connectivity index (χ3v) is 4.00. The van der Waals surface area contributed by atoms with Gasteiger partial charge < -0.3 is 4.48 Å². The lowest BCUT2D eigenvalue weighted by atomic mass is 9.81. The smallest absolute Gasteiger partial charge is 0.123 e. The minimum Gasteiger partial charge on any atom is -0.318 e. The summed E-state index contributed by atoms with van der Waals surface area (Å²) in [5, 5.41) is 0. The van der Waals surface area contributed by atoms with Crippen molar-refractivity contribution < 1.29 is 4.48 Å². The first-order valence-electron chi connectivity index (χ1n) is 4.61. The van der Waals surface area contributed by atoms with Gasteiger partial charge in [-0.1, -0.05) is 0 Å². The van der Waals surface area contributed by atoms with Crippen LogP contribution in [0.5, 0.6) is 0 Å². The number of fused-ring (bicyclic) bond motifs is 1. The molecule has 2 nitrogen and oxygen atoms in total. The molecular formula is C9H19N2+. The molecule has 2 heteroatoms. The van der Waals surface area contributed by atoms with Gasteiger partial charge in [-0.05, 0) is 20.9 Å². The summed E-state index contributed by atoms with van der Waals surface area (Å²) in [5.74, 6) is 0. The standard InChI is InChI=1S/C9H19N2/c1-7(2)11(4)6-8-9(11)5-10(8)3/h7-9H,5-6H2,1-4H3/q+1/t8?,9-,11?/m1/s1. The first kappa shape index (κ1) is 7.56. The molecule has 2 fully saturated rings. The lowest BCUT2D eigenvalue weighted by Gasteiger charge is -2.66. The normalized spacial score (nSPS) is 49.9. The molecule has 0 bridgehead atoms. The van der Waals surface area contributed by atoms with Gasteiger partial charge in [-0.15, -0.1) is 0 Å². The van der Waals surface area contributed by atoms with Crippen molar-refractivity contribution in [3.05, 3.63) is 0 Å². The van der Waals surface area contributed by atoms with E-state index in [1.807, 2.05) is 0 Å². The summed E-state index contributed by atoms with van der Waals surface area (Å²) in [7, 11) is 4.64. The van der Waals surface area contributed by atoms with E-state index in [1.54, 1.807) is 0 Å². The van der Waals surface area contributed by atoms with Crippen LogP contribution in [0.25, 0.3) is 0 Å². The minimum atomic E-state index is 0.810. The van der Waals surface area contributed by atoms with Crippen molar-refractivity contribution in [1.29, 1.82) is 0 Å². The van der Waals surface area contributed by atoms with Gasteiger partial charge in [0, 0.05) is 0 Å². The summed E-state index contributed by atoms with van der Waals surface area (Å²) in [6.07, 6.45) is 0. The van der Waals surface area contributed by atoms with E-state index in [4.69, 9.17) is 0 Å².